The van der Waals surface area contributed by atoms with Gasteiger partial charge in [-0.1, -0.05) is 10.3 Å². The van der Waals surface area contributed by atoms with Gasteiger partial charge < -0.3 is 21.1 Å². The van der Waals surface area contributed by atoms with E-state index in [4.69, 9.17) is 21.1 Å². The van der Waals surface area contributed by atoms with E-state index in [0.29, 0.717) is 33.0 Å². The second kappa shape index (κ2) is 14.8. The molecule has 0 spiro atoms. The van der Waals surface area contributed by atoms with Crippen LogP contribution in [0.25, 0.3) is 0 Å². The van der Waals surface area contributed by atoms with Gasteiger partial charge in [0.2, 0.25) is 0 Å². The zero-order valence-corrected chi connectivity index (χ0v) is 10.2. The van der Waals surface area contributed by atoms with Crippen molar-refractivity contribution in [1.29, 1.82) is 0 Å². The lowest BCUT2D eigenvalue weighted by Crippen LogP contribution is -2.23. The number of rotatable bonds is 12. The monoisotopic (exact) mass is 245 g/mol. The average molecular weight is 245 g/mol. The third-order valence-corrected chi connectivity index (χ3v) is 1.69. The molecule has 0 atom stereocenters. The van der Waals surface area contributed by atoms with Crippen molar-refractivity contribution in [2.24, 2.45) is 21.8 Å². The predicted octanol–water partition coefficient (Wildman–Crippen LogP) is -0.374. The lowest BCUT2D eigenvalue weighted by atomic mass is 10.3. The highest BCUT2D eigenvalue weighted by atomic mass is 16.6. The summed E-state index contributed by atoms with van der Waals surface area (Å²) >= 11 is 0. The van der Waals surface area contributed by atoms with Gasteiger partial charge in [0.1, 0.15) is 13.2 Å². The topological polar surface area (TPSA) is 107 Å². The highest BCUT2D eigenvalue weighted by Gasteiger charge is 1.87. The number of oxime groups is 2. The molecule has 0 bridgehead atoms. The molecular weight excluding hydrogens is 222 g/mol. The molecule has 0 aromatic rings. The lowest BCUT2D eigenvalue weighted by Gasteiger charge is -1.99. The Labute approximate surface area is 102 Å². The Hall–Kier alpha value is -1.18. The normalized spacial score (nSPS) is 11.4. The van der Waals surface area contributed by atoms with Crippen LogP contribution in [0.4, 0.5) is 0 Å². The first-order valence-corrected chi connectivity index (χ1v) is 5.80. The summed E-state index contributed by atoms with van der Waals surface area (Å²) in [5.74, 6) is 0. The molecule has 0 unspecified atom stereocenters. The van der Waals surface area contributed by atoms with Gasteiger partial charge in [-0.2, -0.15) is 0 Å². The summed E-state index contributed by atoms with van der Waals surface area (Å²) in [7, 11) is 0. The summed E-state index contributed by atoms with van der Waals surface area (Å²) < 4.78 is 0. The standard InChI is InChI=1S/C10H23N5O2/c11-4-1-2-5-14-16-8-3-9-17-15-7-6-13-10-12/h5,7,13H,1-4,6,8-12H2/b14-5?,15-7-. The summed E-state index contributed by atoms with van der Waals surface area (Å²) in [5, 5.41) is 10.4. The van der Waals surface area contributed by atoms with Crippen molar-refractivity contribution in [3.05, 3.63) is 0 Å². The van der Waals surface area contributed by atoms with Crippen LogP contribution in [0.2, 0.25) is 0 Å². The van der Waals surface area contributed by atoms with E-state index in [-0.39, 0.29) is 0 Å². The zero-order valence-electron chi connectivity index (χ0n) is 10.2. The molecule has 0 aromatic carbocycles. The third kappa shape index (κ3) is 14.8. The largest absolute Gasteiger partial charge is 0.396 e. The molecular formula is C10H23N5O2. The highest BCUT2D eigenvalue weighted by molar-refractivity contribution is 5.58. The maximum atomic E-state index is 5.32. The summed E-state index contributed by atoms with van der Waals surface area (Å²) in [4.78, 5) is 9.96. The first-order chi connectivity index (χ1) is 8.41. The molecule has 0 saturated carbocycles. The maximum Gasteiger partial charge on any atom is 0.120 e. The van der Waals surface area contributed by atoms with Gasteiger partial charge in [-0.15, -0.1) is 0 Å². The summed E-state index contributed by atoms with van der Waals surface area (Å²) in [5.41, 5.74) is 10.5. The minimum Gasteiger partial charge on any atom is -0.396 e. The van der Waals surface area contributed by atoms with Crippen molar-refractivity contribution in [2.75, 3.05) is 33.0 Å². The van der Waals surface area contributed by atoms with Crippen molar-refractivity contribution in [3.8, 4) is 0 Å². The van der Waals surface area contributed by atoms with Crippen LogP contribution in [0, 0.1) is 0 Å². The number of nitrogens with one attached hydrogen (secondary N) is 1. The number of unbranched alkanes of at least 4 members (excludes halogenated alkanes) is 1. The number of nitrogens with two attached hydrogens (primary N) is 2. The molecule has 0 fully saturated rings. The molecule has 5 N–H and O–H groups in total. The van der Waals surface area contributed by atoms with E-state index < -0.39 is 0 Å². The van der Waals surface area contributed by atoms with E-state index in [1.807, 2.05) is 0 Å². The Kier molecular flexibility index (Phi) is 13.8. The van der Waals surface area contributed by atoms with Crippen LogP contribution in [0.15, 0.2) is 10.3 Å². The highest BCUT2D eigenvalue weighted by Crippen LogP contribution is 1.87. The summed E-state index contributed by atoms with van der Waals surface area (Å²) in [6.07, 6.45) is 5.88. The van der Waals surface area contributed by atoms with E-state index in [0.717, 1.165) is 19.3 Å². The number of nitrogens with zero attached hydrogens (tertiary/aromatic N) is 2. The Balaban J connectivity index is 3.07. The van der Waals surface area contributed by atoms with Gasteiger partial charge in [-0.05, 0) is 19.4 Å². The van der Waals surface area contributed by atoms with E-state index in [9.17, 15) is 0 Å². The molecule has 0 aromatic heterocycles. The Bertz CT molecular complexity index is 179. The van der Waals surface area contributed by atoms with Crippen molar-refractivity contribution < 1.29 is 9.68 Å². The van der Waals surface area contributed by atoms with E-state index >= 15 is 0 Å². The fraction of sp³-hybridized carbons (Fsp3) is 0.800. The van der Waals surface area contributed by atoms with Gasteiger partial charge in [0.05, 0.1) is 6.21 Å². The smallest absolute Gasteiger partial charge is 0.120 e. The molecule has 7 nitrogen and oxygen atoms in total. The SMILES string of the molecule is NCCCC=NOCCCO/N=C\CNCN. The maximum absolute atomic E-state index is 5.32. The molecule has 0 aliphatic heterocycles. The first kappa shape index (κ1) is 15.8. The quantitative estimate of drug-likeness (QED) is 0.188. The van der Waals surface area contributed by atoms with Crippen molar-refractivity contribution in [2.45, 2.75) is 19.3 Å². The molecule has 0 heterocycles. The van der Waals surface area contributed by atoms with Gasteiger partial charge >= 0.3 is 0 Å². The Morgan fingerprint density at radius 1 is 1.00 bits per heavy atom. The summed E-state index contributed by atoms with van der Waals surface area (Å²) in [6, 6.07) is 0. The fourth-order valence-corrected chi connectivity index (χ4v) is 0.846. The third-order valence-electron chi connectivity index (χ3n) is 1.69. The first-order valence-electron chi connectivity index (χ1n) is 5.80. The van der Waals surface area contributed by atoms with Crippen LogP contribution in [-0.4, -0.2) is 45.4 Å². The van der Waals surface area contributed by atoms with E-state index in [1.165, 1.54) is 0 Å². The molecule has 0 aliphatic rings. The fourth-order valence-electron chi connectivity index (χ4n) is 0.846. The molecule has 0 saturated heterocycles. The van der Waals surface area contributed by atoms with Crippen LogP contribution in [0.3, 0.4) is 0 Å². The van der Waals surface area contributed by atoms with E-state index in [2.05, 4.69) is 15.6 Å². The van der Waals surface area contributed by atoms with Gasteiger partial charge in [0.15, 0.2) is 0 Å². The minimum absolute atomic E-state index is 0.433. The molecule has 17 heavy (non-hydrogen) atoms. The van der Waals surface area contributed by atoms with Crippen LogP contribution in [-0.2, 0) is 9.68 Å². The van der Waals surface area contributed by atoms with Gasteiger partial charge in [-0.25, -0.2) is 0 Å². The van der Waals surface area contributed by atoms with Crippen molar-refractivity contribution >= 4 is 12.4 Å². The molecule has 0 rings (SSSR count). The summed E-state index contributed by atoms with van der Waals surface area (Å²) in [6.45, 7) is 2.75. The lowest BCUT2D eigenvalue weighted by molar-refractivity contribution is 0.0909. The Morgan fingerprint density at radius 3 is 2.35 bits per heavy atom. The number of hydrogen-bond acceptors (Lipinski definition) is 7. The van der Waals surface area contributed by atoms with Crippen molar-refractivity contribution in [3.63, 3.8) is 0 Å². The number of hydrogen-bond donors (Lipinski definition) is 3. The molecule has 100 valence electrons. The molecule has 0 radical (unpaired) electrons. The average Bonchev–Trinajstić information content (AvgIpc) is 2.35. The van der Waals surface area contributed by atoms with Crippen LogP contribution >= 0.6 is 0 Å². The van der Waals surface area contributed by atoms with Crippen LogP contribution < -0.4 is 16.8 Å². The van der Waals surface area contributed by atoms with Crippen LogP contribution in [0.5, 0.6) is 0 Å². The minimum atomic E-state index is 0.433. The molecule has 0 amide bonds. The predicted molar refractivity (Wildman–Crippen MR) is 68.9 cm³/mol. The van der Waals surface area contributed by atoms with E-state index in [1.54, 1.807) is 12.4 Å². The van der Waals surface area contributed by atoms with Crippen molar-refractivity contribution in [1.82, 2.24) is 5.32 Å². The molecule has 0 aliphatic carbocycles. The van der Waals surface area contributed by atoms with Gasteiger partial charge in [-0.3, -0.25) is 5.32 Å². The molecule has 7 heteroatoms. The Morgan fingerprint density at radius 2 is 1.71 bits per heavy atom. The second-order valence-electron chi connectivity index (χ2n) is 3.19. The zero-order chi connectivity index (χ0) is 12.6. The second-order valence-corrected chi connectivity index (χ2v) is 3.19. The van der Waals surface area contributed by atoms with Crippen LogP contribution in [0.1, 0.15) is 19.3 Å². The van der Waals surface area contributed by atoms with Gasteiger partial charge in [0.25, 0.3) is 0 Å². The van der Waals surface area contributed by atoms with Gasteiger partial charge in [0, 0.05) is 25.8 Å².